The fourth-order valence-electron chi connectivity index (χ4n) is 2.46. The number of ether oxygens (including phenoxy) is 1. The van der Waals surface area contributed by atoms with Crippen LogP contribution in [0.2, 0.25) is 5.02 Å². The highest BCUT2D eigenvalue weighted by atomic mass is 127. The van der Waals surface area contributed by atoms with Gasteiger partial charge in [0.1, 0.15) is 0 Å². The van der Waals surface area contributed by atoms with Crippen LogP contribution in [0.4, 0.5) is 0 Å². The van der Waals surface area contributed by atoms with Crippen LogP contribution >= 0.6 is 35.6 Å². The van der Waals surface area contributed by atoms with Crippen molar-refractivity contribution in [2.75, 3.05) is 26.3 Å². The van der Waals surface area contributed by atoms with Gasteiger partial charge in [-0.2, -0.15) is 0 Å². The van der Waals surface area contributed by atoms with E-state index in [-0.39, 0.29) is 24.0 Å². The van der Waals surface area contributed by atoms with Gasteiger partial charge < -0.3 is 15.4 Å². The van der Waals surface area contributed by atoms with Gasteiger partial charge in [0.2, 0.25) is 0 Å². The van der Waals surface area contributed by atoms with Crippen molar-refractivity contribution >= 4 is 41.5 Å². The normalized spacial score (nSPS) is 26.1. The van der Waals surface area contributed by atoms with Crippen molar-refractivity contribution in [2.45, 2.75) is 18.4 Å². The molecule has 0 radical (unpaired) electrons. The van der Waals surface area contributed by atoms with Gasteiger partial charge in [0.15, 0.2) is 5.96 Å². The Hall–Kier alpha value is -0.530. The summed E-state index contributed by atoms with van der Waals surface area (Å²) in [5.74, 6) is 1.12. The number of nitrogens with zero attached hydrogens (tertiary/aromatic N) is 2. The van der Waals surface area contributed by atoms with Crippen LogP contribution in [0.15, 0.2) is 29.3 Å². The third-order valence-corrected chi connectivity index (χ3v) is 3.90. The minimum Gasteiger partial charge on any atom is -0.378 e. The molecule has 20 heavy (non-hydrogen) atoms. The molecule has 1 heterocycles. The lowest BCUT2D eigenvalue weighted by Crippen LogP contribution is -2.45. The van der Waals surface area contributed by atoms with E-state index in [4.69, 9.17) is 22.1 Å². The molecule has 110 valence electrons. The highest BCUT2D eigenvalue weighted by Crippen LogP contribution is 2.44. The molecule has 1 saturated heterocycles. The van der Waals surface area contributed by atoms with E-state index in [0.717, 1.165) is 37.7 Å². The van der Waals surface area contributed by atoms with Crippen LogP contribution in [-0.4, -0.2) is 43.2 Å². The summed E-state index contributed by atoms with van der Waals surface area (Å²) >= 11 is 6.01. The van der Waals surface area contributed by atoms with Gasteiger partial charge in [-0.3, -0.25) is 0 Å². The molecule has 4 nitrogen and oxygen atoms in total. The molecule has 1 aliphatic heterocycles. The Labute approximate surface area is 141 Å². The van der Waals surface area contributed by atoms with Crippen molar-refractivity contribution in [1.82, 2.24) is 4.90 Å². The first kappa shape index (κ1) is 15.9. The zero-order valence-corrected chi connectivity index (χ0v) is 14.3. The van der Waals surface area contributed by atoms with Crippen LogP contribution in [0.1, 0.15) is 17.9 Å². The van der Waals surface area contributed by atoms with Crippen LogP contribution in [0.25, 0.3) is 0 Å². The maximum absolute atomic E-state index is 6.05. The molecule has 3 rings (SSSR count). The van der Waals surface area contributed by atoms with E-state index in [1.165, 1.54) is 5.56 Å². The highest BCUT2D eigenvalue weighted by Gasteiger charge is 2.39. The summed E-state index contributed by atoms with van der Waals surface area (Å²) in [5.41, 5.74) is 7.31. The standard InChI is InChI=1S/C14H18ClN3O.HI/c15-11-3-1-2-10(8-11)12-9-13(12)17-14(16)18-4-6-19-7-5-18;/h1-3,8,12-13H,4-7,9H2,(H2,16,17);1H/t12-,13+;/m0./s1. The molecule has 2 N–H and O–H groups in total. The van der Waals surface area contributed by atoms with Gasteiger partial charge in [-0.25, -0.2) is 4.99 Å². The molecule has 0 amide bonds. The number of hydrogen-bond acceptors (Lipinski definition) is 2. The quantitative estimate of drug-likeness (QED) is 0.465. The van der Waals surface area contributed by atoms with Gasteiger partial charge in [-0.1, -0.05) is 23.7 Å². The molecule has 0 aromatic heterocycles. The molecule has 1 saturated carbocycles. The van der Waals surface area contributed by atoms with Crippen LogP contribution in [-0.2, 0) is 4.74 Å². The molecule has 0 bridgehead atoms. The van der Waals surface area contributed by atoms with E-state index < -0.39 is 0 Å². The third-order valence-electron chi connectivity index (χ3n) is 3.67. The van der Waals surface area contributed by atoms with Crippen molar-refractivity contribution in [3.8, 4) is 0 Å². The Kier molecular flexibility index (Phi) is 5.51. The second-order valence-corrected chi connectivity index (χ2v) is 5.49. The average molecular weight is 408 g/mol. The SMILES string of the molecule is I.NC(=N[C@@H]1C[C@H]1c1cccc(Cl)c1)N1CCOCC1. The molecule has 0 unspecified atom stereocenters. The molecule has 6 heteroatoms. The molecular weight excluding hydrogens is 389 g/mol. The van der Waals surface area contributed by atoms with Gasteiger partial charge in [0.05, 0.1) is 19.3 Å². The van der Waals surface area contributed by atoms with Crippen molar-refractivity contribution < 1.29 is 4.74 Å². The van der Waals surface area contributed by atoms with Crippen molar-refractivity contribution in [2.24, 2.45) is 10.7 Å². The summed E-state index contributed by atoms with van der Waals surface area (Å²) in [7, 11) is 0. The number of benzene rings is 1. The van der Waals surface area contributed by atoms with Crippen molar-refractivity contribution in [1.29, 1.82) is 0 Å². The van der Waals surface area contributed by atoms with Crippen molar-refractivity contribution in [3.05, 3.63) is 34.9 Å². The van der Waals surface area contributed by atoms with Gasteiger partial charge in [0.25, 0.3) is 0 Å². The van der Waals surface area contributed by atoms with E-state index in [0.29, 0.717) is 17.9 Å². The van der Waals surface area contributed by atoms with Gasteiger partial charge >= 0.3 is 0 Å². The minimum atomic E-state index is 0. The highest BCUT2D eigenvalue weighted by molar-refractivity contribution is 14.0. The second-order valence-electron chi connectivity index (χ2n) is 5.05. The number of halogens is 2. The maximum atomic E-state index is 6.05. The first-order valence-corrected chi connectivity index (χ1v) is 7.03. The summed E-state index contributed by atoms with van der Waals surface area (Å²) in [4.78, 5) is 6.72. The number of morpholine rings is 1. The van der Waals surface area contributed by atoms with Crippen LogP contribution in [0.5, 0.6) is 0 Å². The number of hydrogen-bond donors (Lipinski definition) is 1. The summed E-state index contributed by atoms with van der Waals surface area (Å²) in [5, 5.41) is 0.785. The van der Waals surface area contributed by atoms with E-state index in [1.807, 2.05) is 18.2 Å². The smallest absolute Gasteiger partial charge is 0.191 e. The molecule has 2 atom stereocenters. The predicted octanol–water partition coefficient (Wildman–Crippen LogP) is 2.46. The summed E-state index contributed by atoms with van der Waals surface area (Å²) in [6, 6.07) is 8.32. The van der Waals surface area contributed by atoms with E-state index in [2.05, 4.69) is 16.0 Å². The molecule has 2 fully saturated rings. The lowest BCUT2D eigenvalue weighted by Gasteiger charge is -2.27. The fraction of sp³-hybridized carbons (Fsp3) is 0.500. The first-order chi connectivity index (χ1) is 9.24. The zero-order valence-electron chi connectivity index (χ0n) is 11.2. The molecule has 1 aromatic rings. The zero-order chi connectivity index (χ0) is 13.2. The summed E-state index contributed by atoms with van der Waals surface area (Å²) in [6.45, 7) is 3.14. The fourth-order valence-corrected chi connectivity index (χ4v) is 2.66. The molecular formula is C14H19ClIN3O. The Morgan fingerprint density at radius 2 is 2.10 bits per heavy atom. The number of guanidine groups is 1. The van der Waals surface area contributed by atoms with E-state index >= 15 is 0 Å². The molecule has 0 spiro atoms. The predicted molar refractivity (Wildman–Crippen MR) is 92.0 cm³/mol. The Bertz CT molecular complexity index is 491. The van der Waals surface area contributed by atoms with Gasteiger partial charge in [-0.15, -0.1) is 24.0 Å². The third kappa shape index (κ3) is 3.77. The summed E-state index contributed by atoms with van der Waals surface area (Å²) in [6.07, 6.45) is 1.06. The van der Waals surface area contributed by atoms with E-state index in [1.54, 1.807) is 0 Å². The Balaban J connectivity index is 0.00000147. The topological polar surface area (TPSA) is 50.8 Å². The molecule has 1 aliphatic carbocycles. The molecule has 2 aliphatic rings. The van der Waals surface area contributed by atoms with Crippen LogP contribution < -0.4 is 5.73 Å². The Morgan fingerprint density at radius 3 is 2.80 bits per heavy atom. The number of nitrogens with two attached hydrogens (primary N) is 1. The summed E-state index contributed by atoms with van der Waals surface area (Å²) < 4.78 is 5.31. The minimum absolute atomic E-state index is 0. The molecule has 1 aromatic carbocycles. The monoisotopic (exact) mass is 407 g/mol. The largest absolute Gasteiger partial charge is 0.378 e. The van der Waals surface area contributed by atoms with Crippen molar-refractivity contribution in [3.63, 3.8) is 0 Å². The first-order valence-electron chi connectivity index (χ1n) is 6.65. The van der Waals surface area contributed by atoms with Crippen LogP contribution in [0, 0.1) is 0 Å². The maximum Gasteiger partial charge on any atom is 0.191 e. The lowest BCUT2D eigenvalue weighted by molar-refractivity contribution is 0.0674. The lowest BCUT2D eigenvalue weighted by atomic mass is 10.1. The Morgan fingerprint density at radius 1 is 1.35 bits per heavy atom. The van der Waals surface area contributed by atoms with Crippen LogP contribution in [0.3, 0.4) is 0 Å². The van der Waals surface area contributed by atoms with Gasteiger partial charge in [0, 0.05) is 24.0 Å². The number of rotatable bonds is 2. The van der Waals surface area contributed by atoms with Gasteiger partial charge in [-0.05, 0) is 24.1 Å². The second kappa shape index (κ2) is 6.95. The van der Waals surface area contributed by atoms with E-state index in [9.17, 15) is 0 Å². The average Bonchev–Trinajstić information content (AvgIpc) is 3.19. The number of aliphatic imine (C=N–C) groups is 1.